The summed E-state index contributed by atoms with van der Waals surface area (Å²) in [5.74, 6) is 1.51. The summed E-state index contributed by atoms with van der Waals surface area (Å²) in [7, 11) is 0. The largest absolute Gasteiger partial charge is 0.490 e. The zero-order valence-corrected chi connectivity index (χ0v) is 12.9. The molecule has 0 aliphatic carbocycles. The molecule has 1 aliphatic heterocycles. The predicted octanol–water partition coefficient (Wildman–Crippen LogP) is 2.39. The number of rotatable bonds is 7. The first-order chi connectivity index (χ1) is 10.2. The highest BCUT2D eigenvalue weighted by Crippen LogP contribution is 2.34. The third-order valence-corrected chi connectivity index (χ3v) is 4.17. The fourth-order valence-electron chi connectivity index (χ4n) is 2.09. The van der Waals surface area contributed by atoms with E-state index in [-0.39, 0.29) is 0 Å². The van der Waals surface area contributed by atoms with E-state index in [0.29, 0.717) is 26.2 Å². The normalized spacial score (nSPS) is 15.3. The van der Waals surface area contributed by atoms with Crippen molar-refractivity contribution in [2.75, 3.05) is 25.5 Å². The number of carboxylic acids is 1. The lowest BCUT2D eigenvalue weighted by molar-refractivity contribution is -0.139. The molecule has 0 bridgehead atoms. The van der Waals surface area contributed by atoms with Gasteiger partial charge in [0.1, 0.15) is 6.04 Å². The van der Waals surface area contributed by atoms with Crippen LogP contribution in [0.5, 0.6) is 11.5 Å². The molecule has 1 aromatic rings. The molecular formula is C15H21NO4S. The number of fused-ring (bicyclic) bond motifs is 1. The van der Waals surface area contributed by atoms with Crippen molar-refractivity contribution in [1.29, 1.82) is 0 Å². The van der Waals surface area contributed by atoms with Crippen LogP contribution in [0, 0.1) is 0 Å². The Bertz CT molecular complexity index is 481. The summed E-state index contributed by atoms with van der Waals surface area (Å²) in [6.07, 6.45) is 1.47. The van der Waals surface area contributed by atoms with Crippen LogP contribution in [0.25, 0.3) is 0 Å². The Morgan fingerprint density at radius 3 is 2.86 bits per heavy atom. The lowest BCUT2D eigenvalue weighted by Crippen LogP contribution is -2.36. The van der Waals surface area contributed by atoms with Crippen molar-refractivity contribution in [2.24, 2.45) is 0 Å². The van der Waals surface area contributed by atoms with E-state index in [1.807, 2.05) is 25.1 Å². The highest BCUT2D eigenvalue weighted by atomic mass is 32.2. The molecule has 2 N–H and O–H groups in total. The van der Waals surface area contributed by atoms with Gasteiger partial charge >= 0.3 is 5.97 Å². The molecule has 1 aliphatic rings. The van der Waals surface area contributed by atoms with E-state index < -0.39 is 12.0 Å². The molecule has 0 fully saturated rings. The molecule has 5 nitrogen and oxygen atoms in total. The molecule has 0 radical (unpaired) electrons. The fourth-order valence-corrected chi connectivity index (χ4v) is 3.03. The average molecular weight is 311 g/mol. The molecule has 1 unspecified atom stereocenters. The summed E-state index contributed by atoms with van der Waals surface area (Å²) in [6, 6.07) is 5.39. The second-order valence-corrected chi connectivity index (χ2v) is 5.91. The summed E-state index contributed by atoms with van der Waals surface area (Å²) in [5, 5.41) is 12.1. The van der Waals surface area contributed by atoms with Crippen LogP contribution in [0.3, 0.4) is 0 Å². The van der Waals surface area contributed by atoms with Gasteiger partial charge in [0.05, 0.1) is 13.2 Å². The van der Waals surface area contributed by atoms with Crippen LogP contribution >= 0.6 is 11.8 Å². The lowest BCUT2D eigenvalue weighted by Gasteiger charge is -2.13. The van der Waals surface area contributed by atoms with Crippen molar-refractivity contribution >= 4 is 17.7 Å². The van der Waals surface area contributed by atoms with Crippen LogP contribution in [-0.2, 0) is 4.79 Å². The molecule has 1 atom stereocenters. The third kappa shape index (κ3) is 4.82. The van der Waals surface area contributed by atoms with Crippen LogP contribution in [0.4, 0.5) is 0 Å². The van der Waals surface area contributed by atoms with Crippen molar-refractivity contribution in [3.05, 3.63) is 18.2 Å². The second kappa shape index (κ2) is 8.14. The van der Waals surface area contributed by atoms with Crippen molar-refractivity contribution < 1.29 is 19.4 Å². The number of thioether (sulfide) groups is 1. The first-order valence-corrected chi connectivity index (χ1v) is 8.18. The van der Waals surface area contributed by atoms with Gasteiger partial charge in [0.2, 0.25) is 0 Å². The second-order valence-electron chi connectivity index (χ2n) is 4.74. The number of ether oxygens (including phenoxy) is 2. The quantitative estimate of drug-likeness (QED) is 0.754. The maximum absolute atomic E-state index is 11.1. The van der Waals surface area contributed by atoms with Gasteiger partial charge < -0.3 is 19.9 Å². The van der Waals surface area contributed by atoms with E-state index in [2.05, 4.69) is 5.32 Å². The summed E-state index contributed by atoms with van der Waals surface area (Å²) < 4.78 is 11.2. The summed E-state index contributed by atoms with van der Waals surface area (Å²) in [4.78, 5) is 12.1. The van der Waals surface area contributed by atoms with Crippen LogP contribution in [0.1, 0.15) is 19.8 Å². The van der Waals surface area contributed by atoms with Crippen molar-refractivity contribution in [1.82, 2.24) is 5.32 Å². The molecule has 0 saturated heterocycles. The van der Waals surface area contributed by atoms with Gasteiger partial charge in [-0.1, -0.05) is 6.92 Å². The zero-order chi connectivity index (χ0) is 15.1. The summed E-state index contributed by atoms with van der Waals surface area (Å²) in [5.41, 5.74) is 0. The monoisotopic (exact) mass is 311 g/mol. The van der Waals surface area contributed by atoms with Crippen molar-refractivity contribution in [2.45, 2.75) is 30.7 Å². The molecule has 6 heteroatoms. The molecule has 0 aromatic heterocycles. The number of aliphatic carboxylic acids is 1. The van der Waals surface area contributed by atoms with Crippen LogP contribution in [0.2, 0.25) is 0 Å². The van der Waals surface area contributed by atoms with Crippen molar-refractivity contribution in [3.63, 3.8) is 0 Å². The van der Waals surface area contributed by atoms with E-state index in [1.165, 1.54) is 0 Å². The standard InChI is InChI=1S/C15H21NO4S/c1-2-16-12(15(17)18)6-9-21-11-4-5-13-14(10-11)20-8-3-7-19-13/h4-5,10,12,16H,2-3,6-9H2,1H3,(H,17,18). The van der Waals surface area contributed by atoms with E-state index >= 15 is 0 Å². The van der Waals surface area contributed by atoms with Crippen LogP contribution in [0.15, 0.2) is 23.1 Å². The Labute approximate surface area is 129 Å². The van der Waals surface area contributed by atoms with E-state index in [0.717, 1.165) is 28.6 Å². The van der Waals surface area contributed by atoms with E-state index in [4.69, 9.17) is 14.6 Å². The number of hydrogen-bond donors (Lipinski definition) is 2. The molecule has 0 saturated carbocycles. The minimum atomic E-state index is -0.795. The first-order valence-electron chi connectivity index (χ1n) is 7.19. The van der Waals surface area contributed by atoms with Crippen LogP contribution < -0.4 is 14.8 Å². The molecule has 1 heterocycles. The minimum Gasteiger partial charge on any atom is -0.490 e. The van der Waals surface area contributed by atoms with Gasteiger partial charge in [-0.2, -0.15) is 0 Å². The third-order valence-electron chi connectivity index (χ3n) is 3.14. The summed E-state index contributed by atoms with van der Waals surface area (Å²) in [6.45, 7) is 3.92. The van der Waals surface area contributed by atoms with Gasteiger partial charge in [0.15, 0.2) is 11.5 Å². The average Bonchev–Trinajstić information content (AvgIpc) is 2.71. The number of carbonyl (C=O) groups is 1. The van der Waals surface area contributed by atoms with Gasteiger partial charge in [0, 0.05) is 17.1 Å². The van der Waals surface area contributed by atoms with Gasteiger partial charge in [-0.15, -0.1) is 11.8 Å². The number of likely N-dealkylation sites (N-methyl/N-ethyl adjacent to an activating group) is 1. The summed E-state index contributed by atoms with van der Waals surface area (Å²) >= 11 is 1.63. The highest BCUT2D eigenvalue weighted by molar-refractivity contribution is 7.99. The molecule has 2 rings (SSSR count). The zero-order valence-electron chi connectivity index (χ0n) is 12.1. The number of carboxylic acid groups (broad SMARTS) is 1. The number of nitrogens with one attached hydrogen (secondary N) is 1. The first kappa shape index (κ1) is 16.0. The van der Waals surface area contributed by atoms with Gasteiger partial charge in [-0.3, -0.25) is 4.79 Å². The maximum atomic E-state index is 11.1. The highest BCUT2D eigenvalue weighted by Gasteiger charge is 2.16. The minimum absolute atomic E-state index is 0.483. The molecule has 0 spiro atoms. The predicted molar refractivity (Wildman–Crippen MR) is 82.5 cm³/mol. The lowest BCUT2D eigenvalue weighted by atomic mass is 10.2. The SMILES string of the molecule is CCNC(CCSc1ccc2c(c1)OCCCO2)C(=O)O. The fraction of sp³-hybridized carbons (Fsp3) is 0.533. The Kier molecular flexibility index (Phi) is 6.20. The number of benzene rings is 1. The molecular weight excluding hydrogens is 290 g/mol. The molecule has 116 valence electrons. The van der Waals surface area contributed by atoms with Gasteiger partial charge in [-0.05, 0) is 31.2 Å². The van der Waals surface area contributed by atoms with Crippen LogP contribution in [-0.4, -0.2) is 42.6 Å². The molecule has 1 aromatic carbocycles. The van der Waals surface area contributed by atoms with E-state index in [1.54, 1.807) is 11.8 Å². The molecule has 0 amide bonds. The Morgan fingerprint density at radius 1 is 1.38 bits per heavy atom. The Morgan fingerprint density at radius 2 is 2.14 bits per heavy atom. The van der Waals surface area contributed by atoms with E-state index in [9.17, 15) is 4.79 Å². The van der Waals surface area contributed by atoms with Gasteiger partial charge in [-0.25, -0.2) is 0 Å². The molecule has 21 heavy (non-hydrogen) atoms. The maximum Gasteiger partial charge on any atom is 0.320 e. The Hall–Kier alpha value is -1.40. The Balaban J connectivity index is 1.88. The van der Waals surface area contributed by atoms with Crippen molar-refractivity contribution in [3.8, 4) is 11.5 Å². The smallest absolute Gasteiger partial charge is 0.320 e. The van der Waals surface area contributed by atoms with Gasteiger partial charge in [0.25, 0.3) is 0 Å². The topological polar surface area (TPSA) is 67.8 Å². The number of hydrogen-bond acceptors (Lipinski definition) is 5.